The van der Waals surface area contributed by atoms with Gasteiger partial charge in [0.05, 0.1) is 22.4 Å². The molecule has 1 aliphatic rings. The van der Waals surface area contributed by atoms with Crippen molar-refractivity contribution in [2.24, 2.45) is 4.99 Å². The summed E-state index contributed by atoms with van der Waals surface area (Å²) in [7, 11) is 0. The van der Waals surface area contributed by atoms with Gasteiger partial charge in [-0.05, 0) is 61.9 Å². The number of halogens is 2. The van der Waals surface area contributed by atoms with Crippen LogP contribution in [-0.4, -0.2) is 17.1 Å². The van der Waals surface area contributed by atoms with E-state index < -0.39 is 12.0 Å². The van der Waals surface area contributed by atoms with Crippen molar-refractivity contribution >= 4 is 46.6 Å². The Balaban J connectivity index is 1.65. The summed E-state index contributed by atoms with van der Waals surface area (Å²) in [6.07, 6.45) is 1.68. The fourth-order valence-corrected chi connectivity index (χ4v) is 5.50. The number of nitrogens with zero attached hydrogens (tertiary/aromatic N) is 2. The van der Waals surface area contributed by atoms with Crippen LogP contribution in [0.15, 0.2) is 86.1 Å². The lowest BCUT2D eigenvalue weighted by Gasteiger charge is -2.25. The van der Waals surface area contributed by atoms with E-state index in [0.717, 1.165) is 5.56 Å². The van der Waals surface area contributed by atoms with Gasteiger partial charge in [-0.2, -0.15) is 0 Å². The molecule has 5 rings (SSSR count). The first-order chi connectivity index (χ1) is 17.4. The highest BCUT2D eigenvalue weighted by molar-refractivity contribution is 7.07. The smallest absolute Gasteiger partial charge is 0.338 e. The maximum atomic E-state index is 13.7. The second-order valence-electron chi connectivity index (χ2n) is 8.03. The van der Waals surface area contributed by atoms with E-state index in [0.29, 0.717) is 42.2 Å². The number of hydrogen-bond donors (Lipinski definition) is 0. The standard InChI is InChI=1S/C27H20Cl2N2O4S/c1-3-34-26(33)23-15(2)30-27-31(24(23)19-6-4-5-7-20(19)29)25(32)22(36-27)14-18-12-13-21(35-18)16-8-10-17(28)11-9-16/h4-14,24H,3H2,1-2H3/b22-14-/t24-/m1/s1. The average molecular weight is 539 g/mol. The number of ether oxygens (including phenoxy) is 1. The summed E-state index contributed by atoms with van der Waals surface area (Å²) in [6, 6.07) is 17.3. The van der Waals surface area contributed by atoms with E-state index >= 15 is 0 Å². The molecule has 2 aromatic heterocycles. The van der Waals surface area contributed by atoms with Gasteiger partial charge in [-0.25, -0.2) is 9.79 Å². The first-order valence-corrected chi connectivity index (χ1v) is 12.7. The second kappa shape index (κ2) is 9.93. The minimum atomic E-state index is -0.766. The molecule has 0 spiro atoms. The molecule has 2 aromatic carbocycles. The molecule has 6 nitrogen and oxygen atoms in total. The first kappa shape index (κ1) is 24.3. The average Bonchev–Trinajstić information content (AvgIpc) is 3.44. The van der Waals surface area contributed by atoms with Gasteiger partial charge in [0.2, 0.25) is 0 Å². The lowest BCUT2D eigenvalue weighted by atomic mass is 9.96. The highest BCUT2D eigenvalue weighted by Crippen LogP contribution is 2.34. The monoisotopic (exact) mass is 538 g/mol. The lowest BCUT2D eigenvalue weighted by molar-refractivity contribution is -0.139. The van der Waals surface area contributed by atoms with Gasteiger partial charge in [0.15, 0.2) is 4.80 Å². The summed E-state index contributed by atoms with van der Waals surface area (Å²) >= 11 is 13.7. The summed E-state index contributed by atoms with van der Waals surface area (Å²) in [5.74, 6) is 0.637. The molecule has 1 aliphatic heterocycles. The van der Waals surface area contributed by atoms with Crippen molar-refractivity contribution in [1.82, 2.24) is 4.57 Å². The molecule has 0 amide bonds. The van der Waals surface area contributed by atoms with Gasteiger partial charge in [0.25, 0.3) is 5.56 Å². The topological polar surface area (TPSA) is 73.8 Å². The van der Waals surface area contributed by atoms with Gasteiger partial charge < -0.3 is 9.15 Å². The maximum Gasteiger partial charge on any atom is 0.338 e. The van der Waals surface area contributed by atoms with Gasteiger partial charge in [0.1, 0.15) is 17.6 Å². The summed E-state index contributed by atoms with van der Waals surface area (Å²) in [5, 5.41) is 1.07. The van der Waals surface area contributed by atoms with E-state index in [-0.39, 0.29) is 17.7 Å². The lowest BCUT2D eigenvalue weighted by Crippen LogP contribution is -2.40. The molecule has 9 heteroatoms. The van der Waals surface area contributed by atoms with E-state index in [4.69, 9.17) is 32.4 Å². The molecule has 0 N–H and O–H groups in total. The Labute approximate surface area is 220 Å². The molecular formula is C27H20Cl2N2O4S. The third-order valence-corrected chi connectivity index (χ3v) is 7.32. The third kappa shape index (κ3) is 4.46. The number of carbonyl (C=O) groups excluding carboxylic acids is 1. The van der Waals surface area contributed by atoms with Crippen LogP contribution in [0.4, 0.5) is 0 Å². The van der Waals surface area contributed by atoms with Gasteiger partial charge in [-0.1, -0.05) is 52.7 Å². The quantitative estimate of drug-likeness (QED) is 0.320. The molecule has 36 heavy (non-hydrogen) atoms. The van der Waals surface area contributed by atoms with Crippen molar-refractivity contribution in [1.29, 1.82) is 0 Å². The number of furan rings is 1. The number of hydrogen-bond acceptors (Lipinski definition) is 6. The zero-order valence-electron chi connectivity index (χ0n) is 19.3. The Morgan fingerprint density at radius 2 is 1.89 bits per heavy atom. The van der Waals surface area contributed by atoms with Crippen LogP contribution in [0.5, 0.6) is 0 Å². The van der Waals surface area contributed by atoms with E-state index in [1.807, 2.05) is 24.3 Å². The van der Waals surface area contributed by atoms with Crippen LogP contribution < -0.4 is 14.9 Å². The molecule has 0 aliphatic carbocycles. The Kier molecular flexibility index (Phi) is 6.71. The molecule has 1 atom stereocenters. The van der Waals surface area contributed by atoms with Crippen LogP contribution in [0, 0.1) is 0 Å². The number of carbonyl (C=O) groups is 1. The first-order valence-electron chi connectivity index (χ1n) is 11.2. The number of fused-ring (bicyclic) bond motifs is 1. The molecular weight excluding hydrogens is 519 g/mol. The Hall–Kier alpha value is -3.39. The van der Waals surface area contributed by atoms with Crippen LogP contribution in [0.3, 0.4) is 0 Å². The second-order valence-corrected chi connectivity index (χ2v) is 9.89. The predicted molar refractivity (Wildman–Crippen MR) is 141 cm³/mol. The van der Waals surface area contributed by atoms with Gasteiger partial charge in [-0.3, -0.25) is 9.36 Å². The molecule has 0 saturated heterocycles. The number of benzene rings is 2. The van der Waals surface area contributed by atoms with Crippen LogP contribution in [-0.2, 0) is 9.53 Å². The Morgan fingerprint density at radius 1 is 1.14 bits per heavy atom. The minimum absolute atomic E-state index is 0.198. The third-order valence-electron chi connectivity index (χ3n) is 5.75. The Morgan fingerprint density at radius 3 is 2.61 bits per heavy atom. The molecule has 0 saturated carbocycles. The van der Waals surface area contributed by atoms with E-state index in [1.54, 1.807) is 56.3 Å². The van der Waals surface area contributed by atoms with Crippen molar-refractivity contribution < 1.29 is 13.9 Å². The van der Waals surface area contributed by atoms with Crippen molar-refractivity contribution in [3.8, 4) is 11.3 Å². The Bertz CT molecular complexity index is 1680. The van der Waals surface area contributed by atoms with Crippen LogP contribution in [0.1, 0.15) is 31.2 Å². The molecule has 0 radical (unpaired) electrons. The number of esters is 1. The summed E-state index contributed by atoms with van der Waals surface area (Å²) in [5.41, 5.74) is 1.95. The van der Waals surface area contributed by atoms with Gasteiger partial charge in [-0.15, -0.1) is 0 Å². The van der Waals surface area contributed by atoms with Crippen LogP contribution >= 0.6 is 34.5 Å². The molecule has 4 aromatic rings. The number of allylic oxidation sites excluding steroid dienone is 1. The normalized spacial score (nSPS) is 15.6. The SMILES string of the molecule is CCOC(=O)C1=C(C)N=c2s/c(=C\c3ccc(-c4ccc(Cl)cc4)o3)c(=O)n2[C@@H]1c1ccccc1Cl. The molecule has 0 unspecified atom stereocenters. The van der Waals surface area contributed by atoms with Crippen molar-refractivity contribution in [2.45, 2.75) is 19.9 Å². The minimum Gasteiger partial charge on any atom is -0.463 e. The highest BCUT2D eigenvalue weighted by atomic mass is 35.5. The van der Waals surface area contributed by atoms with Crippen LogP contribution in [0.25, 0.3) is 17.4 Å². The fraction of sp³-hybridized carbons (Fsp3) is 0.148. The number of aromatic nitrogens is 1. The molecule has 0 fully saturated rings. The van der Waals surface area contributed by atoms with E-state index in [1.165, 1.54) is 15.9 Å². The predicted octanol–water partition coefficient (Wildman–Crippen LogP) is 5.37. The van der Waals surface area contributed by atoms with Crippen molar-refractivity contribution in [3.63, 3.8) is 0 Å². The van der Waals surface area contributed by atoms with E-state index in [2.05, 4.69) is 4.99 Å². The summed E-state index contributed by atoms with van der Waals surface area (Å²) in [6.45, 7) is 3.66. The summed E-state index contributed by atoms with van der Waals surface area (Å²) in [4.78, 5) is 31.7. The molecule has 0 bridgehead atoms. The number of rotatable bonds is 5. The fourth-order valence-electron chi connectivity index (χ4n) is 4.11. The molecule has 182 valence electrons. The zero-order chi connectivity index (χ0) is 25.4. The van der Waals surface area contributed by atoms with Crippen molar-refractivity contribution in [3.05, 3.63) is 113 Å². The van der Waals surface area contributed by atoms with Crippen LogP contribution in [0.2, 0.25) is 10.0 Å². The van der Waals surface area contributed by atoms with Crippen molar-refractivity contribution in [2.75, 3.05) is 6.61 Å². The maximum absolute atomic E-state index is 13.7. The van der Waals surface area contributed by atoms with Gasteiger partial charge in [0, 0.05) is 21.7 Å². The molecule has 3 heterocycles. The van der Waals surface area contributed by atoms with E-state index in [9.17, 15) is 9.59 Å². The number of thiazole rings is 1. The largest absolute Gasteiger partial charge is 0.463 e. The highest BCUT2D eigenvalue weighted by Gasteiger charge is 2.34. The zero-order valence-corrected chi connectivity index (χ0v) is 21.7. The summed E-state index contributed by atoms with van der Waals surface area (Å²) < 4.78 is 13.2. The van der Waals surface area contributed by atoms with Gasteiger partial charge >= 0.3 is 5.97 Å².